The van der Waals surface area contributed by atoms with E-state index in [1.54, 1.807) is 0 Å². The molecule has 0 radical (unpaired) electrons. The Morgan fingerprint density at radius 1 is 0.615 bits per heavy atom. The molecule has 0 aliphatic carbocycles. The lowest BCUT2D eigenvalue weighted by Crippen LogP contribution is -2.23. The minimum absolute atomic E-state index is 0.188. The standard InChI is InChI=1S/C36H27N3/c1-22-28-20-25(32-17-13-23-8-4-6-10-30(23)37-32)15-19-34(28)39-35(22)27-16-12-26(21-29(27)36(39,2)3)33-18-14-24-9-5-7-11-31(24)38-33/h4-21H,1-3H3. The first-order valence-electron chi connectivity index (χ1n) is 13.5. The van der Waals surface area contributed by atoms with E-state index >= 15 is 0 Å². The molecule has 0 bridgehead atoms. The van der Waals surface area contributed by atoms with Gasteiger partial charge in [0.15, 0.2) is 0 Å². The Labute approximate surface area is 227 Å². The minimum Gasteiger partial charge on any atom is -0.330 e. The second kappa shape index (κ2) is 7.87. The zero-order valence-corrected chi connectivity index (χ0v) is 22.2. The number of hydrogen-bond acceptors (Lipinski definition) is 2. The number of nitrogens with zero attached hydrogens (tertiary/aromatic N) is 3. The van der Waals surface area contributed by atoms with E-state index in [1.165, 1.54) is 38.7 Å². The van der Waals surface area contributed by atoms with Crippen molar-refractivity contribution in [3.05, 3.63) is 120 Å². The molecule has 1 aliphatic rings. The van der Waals surface area contributed by atoms with Crippen LogP contribution in [-0.4, -0.2) is 14.5 Å². The first kappa shape index (κ1) is 22.2. The van der Waals surface area contributed by atoms with Crippen LogP contribution in [0.15, 0.2) is 109 Å². The lowest BCUT2D eigenvalue weighted by Gasteiger charge is -2.25. The summed E-state index contributed by atoms with van der Waals surface area (Å²) in [6.45, 7) is 6.92. The zero-order chi connectivity index (χ0) is 26.3. The highest BCUT2D eigenvalue weighted by Gasteiger charge is 2.38. The van der Waals surface area contributed by atoms with Gasteiger partial charge in [0, 0.05) is 38.4 Å². The Balaban J connectivity index is 1.27. The van der Waals surface area contributed by atoms with Crippen molar-refractivity contribution in [3.8, 4) is 33.8 Å². The van der Waals surface area contributed by atoms with E-state index in [1.807, 2.05) is 12.1 Å². The molecule has 8 rings (SSSR count). The van der Waals surface area contributed by atoms with Crippen LogP contribution in [0, 0.1) is 6.92 Å². The molecule has 3 aromatic heterocycles. The molecule has 3 nitrogen and oxygen atoms in total. The maximum atomic E-state index is 4.97. The van der Waals surface area contributed by atoms with Gasteiger partial charge >= 0.3 is 0 Å². The van der Waals surface area contributed by atoms with Gasteiger partial charge in [-0.05, 0) is 74.4 Å². The molecular weight excluding hydrogens is 474 g/mol. The van der Waals surface area contributed by atoms with Crippen molar-refractivity contribution in [1.82, 2.24) is 14.5 Å². The number of pyridine rings is 2. The average molecular weight is 502 g/mol. The van der Waals surface area contributed by atoms with Gasteiger partial charge in [-0.15, -0.1) is 0 Å². The third kappa shape index (κ3) is 3.17. The third-order valence-electron chi connectivity index (χ3n) is 8.50. The van der Waals surface area contributed by atoms with Gasteiger partial charge in [0.2, 0.25) is 0 Å². The summed E-state index contributed by atoms with van der Waals surface area (Å²) in [5.74, 6) is 0. The average Bonchev–Trinajstić information content (AvgIpc) is 3.40. The first-order valence-corrected chi connectivity index (χ1v) is 13.5. The molecule has 186 valence electrons. The SMILES string of the molecule is Cc1c2n(c3ccc(-c4ccc5ccccc5n4)cc13)C(C)(C)c1cc(-c3ccc4ccccc4n3)ccc1-2. The van der Waals surface area contributed by atoms with E-state index < -0.39 is 0 Å². The second-order valence-electron chi connectivity index (χ2n) is 11.1. The largest absolute Gasteiger partial charge is 0.330 e. The Morgan fingerprint density at radius 3 is 1.87 bits per heavy atom. The van der Waals surface area contributed by atoms with Crippen LogP contribution in [0.4, 0.5) is 0 Å². The minimum atomic E-state index is -0.188. The molecule has 7 aromatic rings. The number of aryl methyl sites for hydroxylation is 1. The summed E-state index contributed by atoms with van der Waals surface area (Å²) in [5, 5.41) is 3.62. The molecule has 0 fully saturated rings. The zero-order valence-electron chi connectivity index (χ0n) is 22.2. The van der Waals surface area contributed by atoms with Crippen LogP contribution in [0.2, 0.25) is 0 Å². The molecule has 0 unspecified atom stereocenters. The van der Waals surface area contributed by atoms with Crippen molar-refractivity contribution in [1.29, 1.82) is 0 Å². The summed E-state index contributed by atoms with van der Waals surface area (Å²) in [6.07, 6.45) is 0. The predicted molar refractivity (Wildman–Crippen MR) is 162 cm³/mol. The van der Waals surface area contributed by atoms with Gasteiger partial charge in [0.25, 0.3) is 0 Å². The highest BCUT2D eigenvalue weighted by Crippen LogP contribution is 2.50. The maximum absolute atomic E-state index is 4.97. The smallest absolute Gasteiger partial charge is 0.0709 e. The van der Waals surface area contributed by atoms with E-state index in [0.29, 0.717) is 0 Å². The van der Waals surface area contributed by atoms with Crippen molar-refractivity contribution in [3.63, 3.8) is 0 Å². The summed E-state index contributed by atoms with van der Waals surface area (Å²) in [4.78, 5) is 9.92. The molecule has 0 atom stereocenters. The van der Waals surface area contributed by atoms with Gasteiger partial charge in [-0.3, -0.25) is 0 Å². The molecule has 3 heteroatoms. The first-order chi connectivity index (χ1) is 19.0. The summed E-state index contributed by atoms with van der Waals surface area (Å²) in [7, 11) is 0. The van der Waals surface area contributed by atoms with E-state index in [2.05, 4.69) is 122 Å². The maximum Gasteiger partial charge on any atom is 0.0709 e. The lowest BCUT2D eigenvalue weighted by atomic mass is 9.89. The molecule has 0 N–H and O–H groups in total. The molecule has 4 heterocycles. The number of benzene rings is 4. The van der Waals surface area contributed by atoms with Crippen molar-refractivity contribution in [2.24, 2.45) is 0 Å². The Kier molecular flexibility index (Phi) is 4.49. The molecule has 1 aliphatic heterocycles. The van der Waals surface area contributed by atoms with Crippen molar-refractivity contribution in [2.75, 3.05) is 0 Å². The van der Waals surface area contributed by atoms with Gasteiger partial charge in [-0.1, -0.05) is 66.7 Å². The quantitative estimate of drug-likeness (QED) is 0.236. The molecular formula is C36H27N3. The van der Waals surface area contributed by atoms with Crippen LogP contribution in [0.5, 0.6) is 0 Å². The number of rotatable bonds is 2. The summed E-state index contributed by atoms with van der Waals surface area (Å²) in [5.41, 5.74) is 12.7. The summed E-state index contributed by atoms with van der Waals surface area (Å²) in [6, 6.07) is 38.9. The second-order valence-corrected chi connectivity index (χ2v) is 11.1. The highest BCUT2D eigenvalue weighted by atomic mass is 15.1. The molecule has 0 saturated carbocycles. The van der Waals surface area contributed by atoms with Gasteiger partial charge in [-0.25, -0.2) is 9.97 Å². The number of aromatic nitrogens is 3. The van der Waals surface area contributed by atoms with Crippen LogP contribution < -0.4 is 0 Å². The van der Waals surface area contributed by atoms with Crippen LogP contribution in [0.3, 0.4) is 0 Å². The van der Waals surface area contributed by atoms with E-state index in [4.69, 9.17) is 9.97 Å². The van der Waals surface area contributed by atoms with Gasteiger partial charge in [-0.2, -0.15) is 0 Å². The third-order valence-corrected chi connectivity index (χ3v) is 8.50. The van der Waals surface area contributed by atoms with Crippen LogP contribution >= 0.6 is 0 Å². The molecule has 0 amide bonds. The fraction of sp³-hybridized carbons (Fsp3) is 0.111. The number of fused-ring (bicyclic) bond motifs is 7. The Bertz CT molecular complexity index is 2110. The van der Waals surface area contributed by atoms with Crippen LogP contribution in [0.25, 0.3) is 66.5 Å². The summed E-state index contributed by atoms with van der Waals surface area (Å²) < 4.78 is 2.53. The van der Waals surface area contributed by atoms with Gasteiger partial charge in [0.1, 0.15) is 0 Å². The fourth-order valence-electron chi connectivity index (χ4n) is 6.50. The van der Waals surface area contributed by atoms with E-state index in [-0.39, 0.29) is 5.54 Å². The number of hydrogen-bond donors (Lipinski definition) is 0. The van der Waals surface area contributed by atoms with Crippen molar-refractivity contribution < 1.29 is 0 Å². The van der Waals surface area contributed by atoms with Crippen LogP contribution in [0.1, 0.15) is 25.0 Å². The van der Waals surface area contributed by atoms with Gasteiger partial charge < -0.3 is 4.57 Å². The highest BCUT2D eigenvalue weighted by molar-refractivity contribution is 5.98. The lowest BCUT2D eigenvalue weighted by molar-refractivity contribution is 0.475. The monoisotopic (exact) mass is 501 g/mol. The molecule has 0 spiro atoms. The topological polar surface area (TPSA) is 30.7 Å². The number of para-hydroxylation sites is 2. The predicted octanol–water partition coefficient (Wildman–Crippen LogP) is 9.14. The van der Waals surface area contributed by atoms with E-state index in [9.17, 15) is 0 Å². The fourth-order valence-corrected chi connectivity index (χ4v) is 6.50. The normalized spacial score (nSPS) is 13.7. The Morgan fingerprint density at radius 2 is 1.21 bits per heavy atom. The Hall–Kier alpha value is -4.76. The molecule has 0 saturated heterocycles. The molecule has 39 heavy (non-hydrogen) atoms. The van der Waals surface area contributed by atoms with Crippen LogP contribution in [-0.2, 0) is 5.54 Å². The van der Waals surface area contributed by atoms with E-state index in [0.717, 1.165) is 38.9 Å². The van der Waals surface area contributed by atoms with Crippen molar-refractivity contribution in [2.45, 2.75) is 26.3 Å². The van der Waals surface area contributed by atoms with Crippen molar-refractivity contribution >= 4 is 32.7 Å². The molecule has 4 aromatic carbocycles. The summed E-state index contributed by atoms with van der Waals surface area (Å²) >= 11 is 0. The van der Waals surface area contributed by atoms with Gasteiger partial charge in [0.05, 0.1) is 33.7 Å².